The first-order chi connectivity index (χ1) is 16.9. The van der Waals surface area contributed by atoms with Crippen LogP contribution in [0.25, 0.3) is 0 Å². The topological polar surface area (TPSA) is 228 Å². The Morgan fingerprint density at radius 2 is 1.42 bits per heavy atom. The summed E-state index contributed by atoms with van der Waals surface area (Å²) in [6, 6.07) is 0.335. The molecule has 0 aliphatic rings. The minimum absolute atomic E-state index is 0.0262. The van der Waals surface area contributed by atoms with Crippen LogP contribution in [-0.4, -0.2) is 80.9 Å². The largest absolute Gasteiger partial charge is 0.508 e. The second kappa shape index (κ2) is 14.6. The third-order valence-electron chi connectivity index (χ3n) is 5.65. The van der Waals surface area contributed by atoms with Crippen LogP contribution in [0, 0.1) is 5.92 Å². The monoisotopic (exact) mass is 510 g/mol. The standard InChI is InChI=1S/C23H34N4O9/c1-3-12(2)19(24)22(34)27-17(11-28)21(33)25-15(8-9-18(30)31)20(32)26-16(23(35)36)10-13-4-6-14(29)7-5-13/h4-7,12,15-17,19,28-29H,3,8-11,24H2,1-2H3,(H,25,33)(H,26,32)(H,27,34)(H,30,31)(H,35,36). The van der Waals surface area contributed by atoms with Gasteiger partial charge in [0, 0.05) is 12.8 Å². The van der Waals surface area contributed by atoms with Gasteiger partial charge in [0.05, 0.1) is 12.6 Å². The van der Waals surface area contributed by atoms with Crippen LogP contribution in [0.4, 0.5) is 0 Å². The number of nitrogens with two attached hydrogens (primary N) is 1. The Bertz CT molecular complexity index is 923. The average Bonchev–Trinajstić information content (AvgIpc) is 2.84. The molecule has 1 rings (SSSR count). The minimum Gasteiger partial charge on any atom is -0.508 e. The van der Waals surface area contributed by atoms with E-state index in [9.17, 15) is 39.3 Å². The van der Waals surface area contributed by atoms with Crippen LogP contribution >= 0.6 is 0 Å². The number of carboxylic acid groups (broad SMARTS) is 2. The van der Waals surface area contributed by atoms with Crippen LogP contribution in [0.15, 0.2) is 24.3 Å². The molecule has 1 aromatic rings. The van der Waals surface area contributed by atoms with Crippen LogP contribution in [0.3, 0.4) is 0 Å². The van der Waals surface area contributed by atoms with Gasteiger partial charge in [-0.3, -0.25) is 19.2 Å². The van der Waals surface area contributed by atoms with E-state index in [1.54, 1.807) is 6.92 Å². The number of aliphatic hydroxyl groups excluding tert-OH is 1. The van der Waals surface area contributed by atoms with Crippen molar-refractivity contribution in [2.45, 2.75) is 63.7 Å². The van der Waals surface area contributed by atoms with E-state index in [1.165, 1.54) is 24.3 Å². The molecule has 0 aromatic heterocycles. The predicted octanol–water partition coefficient (Wildman–Crippen LogP) is -1.30. The van der Waals surface area contributed by atoms with Crippen LogP contribution in [0.5, 0.6) is 5.75 Å². The smallest absolute Gasteiger partial charge is 0.326 e. The maximum Gasteiger partial charge on any atom is 0.326 e. The fourth-order valence-electron chi connectivity index (χ4n) is 3.12. The van der Waals surface area contributed by atoms with Gasteiger partial charge in [0.2, 0.25) is 17.7 Å². The highest BCUT2D eigenvalue weighted by Gasteiger charge is 2.31. The fourth-order valence-corrected chi connectivity index (χ4v) is 3.12. The lowest BCUT2D eigenvalue weighted by Crippen LogP contribution is -2.58. The lowest BCUT2D eigenvalue weighted by atomic mass is 9.99. The lowest BCUT2D eigenvalue weighted by Gasteiger charge is -2.25. The maximum atomic E-state index is 12.8. The second-order valence-electron chi connectivity index (χ2n) is 8.42. The Morgan fingerprint density at radius 3 is 1.92 bits per heavy atom. The van der Waals surface area contributed by atoms with E-state index < -0.39 is 66.9 Å². The Balaban J connectivity index is 2.96. The van der Waals surface area contributed by atoms with Gasteiger partial charge >= 0.3 is 11.9 Å². The summed E-state index contributed by atoms with van der Waals surface area (Å²) >= 11 is 0. The van der Waals surface area contributed by atoms with E-state index in [0.717, 1.165) is 0 Å². The van der Waals surface area contributed by atoms with Crippen molar-refractivity contribution in [2.75, 3.05) is 6.61 Å². The summed E-state index contributed by atoms with van der Waals surface area (Å²) in [7, 11) is 0. The number of hydrogen-bond acceptors (Lipinski definition) is 8. The normalized spacial score (nSPS) is 15.0. The number of amides is 3. The summed E-state index contributed by atoms with van der Waals surface area (Å²) in [5, 5.41) is 44.3. The van der Waals surface area contributed by atoms with Gasteiger partial charge in [0.15, 0.2) is 0 Å². The Kier molecular flexibility index (Phi) is 12.3. The van der Waals surface area contributed by atoms with Crippen LogP contribution in [0.1, 0.15) is 38.7 Å². The molecule has 13 nitrogen and oxygen atoms in total. The summed E-state index contributed by atoms with van der Waals surface area (Å²) in [5.41, 5.74) is 6.33. The van der Waals surface area contributed by atoms with Crippen LogP contribution < -0.4 is 21.7 Å². The first kappa shape index (κ1) is 30.3. The molecule has 0 saturated carbocycles. The highest BCUT2D eigenvalue weighted by Crippen LogP contribution is 2.12. The number of rotatable bonds is 15. The van der Waals surface area contributed by atoms with Gasteiger partial charge in [-0.1, -0.05) is 32.4 Å². The number of phenols is 1. The number of aromatic hydroxyl groups is 1. The third-order valence-corrected chi connectivity index (χ3v) is 5.65. The molecule has 3 amide bonds. The quantitative estimate of drug-likeness (QED) is 0.139. The second-order valence-corrected chi connectivity index (χ2v) is 8.42. The number of aliphatic carboxylic acids is 2. The van der Waals surface area contributed by atoms with E-state index in [1.807, 2.05) is 6.92 Å². The zero-order chi connectivity index (χ0) is 27.4. The number of carbonyl (C=O) groups is 5. The molecule has 0 spiro atoms. The summed E-state index contributed by atoms with van der Waals surface area (Å²) in [6.45, 7) is 2.74. The molecule has 0 fully saturated rings. The maximum absolute atomic E-state index is 12.8. The van der Waals surface area contributed by atoms with Gasteiger partial charge in [0.25, 0.3) is 0 Å². The molecule has 36 heavy (non-hydrogen) atoms. The molecule has 9 N–H and O–H groups in total. The van der Waals surface area contributed by atoms with Gasteiger partial charge in [0.1, 0.15) is 23.9 Å². The lowest BCUT2D eigenvalue weighted by molar-refractivity contribution is -0.143. The van der Waals surface area contributed by atoms with Crippen molar-refractivity contribution in [3.05, 3.63) is 29.8 Å². The number of phenolic OH excluding ortho intramolecular Hbond substituents is 1. The fraction of sp³-hybridized carbons (Fsp3) is 0.522. The molecule has 0 radical (unpaired) electrons. The van der Waals surface area contributed by atoms with E-state index in [2.05, 4.69) is 16.0 Å². The third kappa shape index (κ3) is 9.88. The molecule has 5 atom stereocenters. The molecular formula is C23H34N4O9. The number of carbonyl (C=O) groups excluding carboxylic acids is 3. The molecule has 0 bridgehead atoms. The number of hydrogen-bond donors (Lipinski definition) is 8. The van der Waals surface area contributed by atoms with Gasteiger partial charge in [-0.25, -0.2) is 4.79 Å². The van der Waals surface area contributed by atoms with Crippen molar-refractivity contribution >= 4 is 29.7 Å². The molecule has 0 aliphatic carbocycles. The molecule has 1 aromatic carbocycles. The van der Waals surface area contributed by atoms with Crippen molar-refractivity contribution in [1.29, 1.82) is 0 Å². The average molecular weight is 511 g/mol. The Labute approximate surface area is 208 Å². The van der Waals surface area contributed by atoms with Gasteiger partial charge in [-0.15, -0.1) is 0 Å². The summed E-state index contributed by atoms with van der Waals surface area (Å²) < 4.78 is 0. The zero-order valence-electron chi connectivity index (χ0n) is 20.1. The van der Waals surface area contributed by atoms with E-state index in [-0.39, 0.29) is 24.5 Å². The van der Waals surface area contributed by atoms with Crippen LogP contribution in [-0.2, 0) is 30.4 Å². The van der Waals surface area contributed by atoms with Crippen molar-refractivity contribution in [3.63, 3.8) is 0 Å². The summed E-state index contributed by atoms with van der Waals surface area (Å²) in [4.78, 5) is 60.6. The predicted molar refractivity (Wildman–Crippen MR) is 127 cm³/mol. The zero-order valence-corrected chi connectivity index (χ0v) is 20.1. The SMILES string of the molecule is CCC(C)C(N)C(=O)NC(CO)C(=O)NC(CCC(=O)O)C(=O)NC(Cc1ccc(O)cc1)C(=O)O. The number of benzene rings is 1. The Hall–Kier alpha value is -3.71. The van der Waals surface area contributed by atoms with E-state index in [0.29, 0.717) is 12.0 Å². The molecule has 0 saturated heterocycles. The molecule has 0 aliphatic heterocycles. The molecule has 13 heteroatoms. The molecule has 5 unspecified atom stereocenters. The highest BCUT2D eigenvalue weighted by atomic mass is 16.4. The minimum atomic E-state index is -1.47. The first-order valence-electron chi connectivity index (χ1n) is 11.4. The molecule has 200 valence electrons. The van der Waals surface area contributed by atoms with Crippen molar-refractivity contribution < 1.29 is 44.4 Å². The van der Waals surface area contributed by atoms with Gasteiger partial charge in [-0.2, -0.15) is 0 Å². The Morgan fingerprint density at radius 1 is 0.889 bits per heavy atom. The number of carboxylic acids is 2. The number of aliphatic hydroxyl groups is 1. The summed E-state index contributed by atoms with van der Waals surface area (Å²) in [5.74, 6) is -5.49. The van der Waals surface area contributed by atoms with Gasteiger partial charge < -0.3 is 42.1 Å². The van der Waals surface area contributed by atoms with E-state index in [4.69, 9.17) is 10.8 Å². The molecular weight excluding hydrogens is 476 g/mol. The number of nitrogens with one attached hydrogen (secondary N) is 3. The first-order valence-corrected chi connectivity index (χ1v) is 11.4. The van der Waals surface area contributed by atoms with Crippen LogP contribution in [0.2, 0.25) is 0 Å². The summed E-state index contributed by atoms with van der Waals surface area (Å²) in [6.07, 6.45) is -0.458. The van der Waals surface area contributed by atoms with Gasteiger partial charge in [-0.05, 0) is 30.0 Å². The molecule has 0 heterocycles. The highest BCUT2D eigenvalue weighted by molar-refractivity contribution is 5.94. The van der Waals surface area contributed by atoms with Crippen molar-refractivity contribution in [2.24, 2.45) is 11.7 Å². The van der Waals surface area contributed by atoms with Crippen molar-refractivity contribution in [1.82, 2.24) is 16.0 Å². The van der Waals surface area contributed by atoms with E-state index >= 15 is 0 Å². The van der Waals surface area contributed by atoms with Crippen molar-refractivity contribution in [3.8, 4) is 5.75 Å².